The number of nitrogens with two attached hydrogens (primary N) is 1. The number of carbonyl (C=O) groups excluding carboxylic acids is 4. The first-order valence-electron chi connectivity index (χ1n) is 12.4. The summed E-state index contributed by atoms with van der Waals surface area (Å²) >= 11 is 0. The number of hydrogen-bond acceptors (Lipinski definition) is 6. The Labute approximate surface area is 226 Å². The highest BCUT2D eigenvalue weighted by Crippen LogP contribution is 2.18. The predicted octanol–water partition coefficient (Wildman–Crippen LogP) is 2.39. The van der Waals surface area contributed by atoms with Crippen molar-refractivity contribution in [1.82, 2.24) is 20.6 Å². The van der Waals surface area contributed by atoms with Gasteiger partial charge in [-0.05, 0) is 38.5 Å². The Morgan fingerprint density at radius 1 is 1.05 bits per heavy atom. The number of benzene rings is 2. The van der Waals surface area contributed by atoms with Gasteiger partial charge in [-0.1, -0.05) is 48.5 Å². The molecule has 39 heavy (non-hydrogen) atoms. The topological polar surface area (TPSA) is 157 Å². The van der Waals surface area contributed by atoms with Crippen LogP contribution in [0.4, 0.5) is 4.79 Å². The SMILES string of the molecule is Cn1c(C(=O)N[C@@H](Cc2ccccc2)C(=O)N[C@H](C=O)CC(=NNC(N)=O)OC(C)(C)C)cc2ccccc21. The fourth-order valence-corrected chi connectivity index (χ4v) is 3.98. The average Bonchev–Trinajstić information content (AvgIpc) is 3.22. The Kier molecular flexibility index (Phi) is 9.43. The lowest BCUT2D eigenvalue weighted by Gasteiger charge is -2.25. The molecule has 0 saturated carbocycles. The van der Waals surface area contributed by atoms with E-state index in [2.05, 4.69) is 21.2 Å². The maximum atomic E-state index is 13.4. The summed E-state index contributed by atoms with van der Waals surface area (Å²) in [5.74, 6) is -1.00. The summed E-state index contributed by atoms with van der Waals surface area (Å²) in [5, 5.41) is 10.2. The van der Waals surface area contributed by atoms with Crippen LogP contribution in [0.3, 0.4) is 0 Å². The maximum absolute atomic E-state index is 13.4. The van der Waals surface area contributed by atoms with Crippen LogP contribution in [0.2, 0.25) is 0 Å². The van der Waals surface area contributed by atoms with Crippen LogP contribution in [0.5, 0.6) is 0 Å². The van der Waals surface area contributed by atoms with E-state index in [-0.39, 0.29) is 18.7 Å². The van der Waals surface area contributed by atoms with E-state index in [1.54, 1.807) is 38.5 Å². The van der Waals surface area contributed by atoms with Gasteiger partial charge in [0.05, 0.1) is 12.5 Å². The molecule has 0 radical (unpaired) electrons. The number of aryl methyl sites for hydroxylation is 1. The summed E-state index contributed by atoms with van der Waals surface area (Å²) in [7, 11) is 1.78. The molecule has 2 aromatic carbocycles. The zero-order valence-electron chi connectivity index (χ0n) is 22.4. The number of hydrazone groups is 1. The van der Waals surface area contributed by atoms with Crippen LogP contribution in [0.1, 0.15) is 43.2 Å². The first-order valence-corrected chi connectivity index (χ1v) is 12.4. The number of nitrogens with zero attached hydrogens (tertiary/aromatic N) is 2. The molecule has 3 rings (SSSR count). The van der Waals surface area contributed by atoms with E-state index >= 15 is 0 Å². The molecule has 0 aliphatic rings. The lowest BCUT2D eigenvalue weighted by Crippen LogP contribution is -2.52. The van der Waals surface area contributed by atoms with Gasteiger partial charge in [-0.3, -0.25) is 9.59 Å². The number of rotatable bonds is 10. The molecule has 11 heteroatoms. The molecule has 11 nitrogen and oxygen atoms in total. The summed E-state index contributed by atoms with van der Waals surface area (Å²) in [6.45, 7) is 5.29. The summed E-state index contributed by atoms with van der Waals surface area (Å²) in [5.41, 5.74) is 8.57. The van der Waals surface area contributed by atoms with Crippen LogP contribution in [-0.4, -0.2) is 52.3 Å². The average molecular weight is 535 g/mol. The summed E-state index contributed by atoms with van der Waals surface area (Å²) in [6, 6.07) is 15.6. The lowest BCUT2D eigenvalue weighted by molar-refractivity contribution is -0.125. The van der Waals surface area contributed by atoms with Crippen molar-refractivity contribution >= 4 is 40.9 Å². The smallest absolute Gasteiger partial charge is 0.332 e. The minimum absolute atomic E-state index is 0.00200. The molecular formula is C28H34N6O5. The minimum atomic E-state index is -1.05. The van der Waals surface area contributed by atoms with Crippen molar-refractivity contribution in [2.24, 2.45) is 17.9 Å². The van der Waals surface area contributed by atoms with Gasteiger partial charge in [-0.2, -0.15) is 0 Å². The van der Waals surface area contributed by atoms with Crippen molar-refractivity contribution in [2.75, 3.05) is 0 Å². The zero-order valence-corrected chi connectivity index (χ0v) is 22.4. The standard InChI is InChI=1S/C28H34N6O5/c1-28(2,3)39-24(32-33-27(29)38)16-20(17-35)30-25(36)21(14-18-10-6-5-7-11-18)31-26(37)23-15-19-12-8-9-13-22(19)34(23)4/h5-13,15,17,20-21H,14,16H2,1-4H3,(H,30,36)(H,31,37)(H3,29,33,38)/t20-,21-/m0/s1. The Balaban J connectivity index is 1.82. The van der Waals surface area contributed by atoms with Gasteiger partial charge in [-0.25, -0.2) is 10.2 Å². The van der Waals surface area contributed by atoms with Crippen molar-refractivity contribution in [3.8, 4) is 0 Å². The van der Waals surface area contributed by atoms with Gasteiger partial charge in [0.2, 0.25) is 11.8 Å². The molecular weight excluding hydrogens is 500 g/mol. The number of carbonyl (C=O) groups is 4. The number of nitrogens with one attached hydrogen (secondary N) is 3. The lowest BCUT2D eigenvalue weighted by atomic mass is 10.0. The molecule has 0 aliphatic carbocycles. The molecule has 0 saturated heterocycles. The summed E-state index contributed by atoms with van der Waals surface area (Å²) in [6.07, 6.45) is 0.577. The Bertz CT molecular complexity index is 1360. The normalized spacial score (nSPS) is 13.3. The third kappa shape index (κ3) is 8.42. The van der Waals surface area contributed by atoms with Crippen molar-refractivity contribution < 1.29 is 23.9 Å². The van der Waals surface area contributed by atoms with Gasteiger partial charge < -0.3 is 30.5 Å². The molecule has 0 aliphatic heterocycles. The van der Waals surface area contributed by atoms with Gasteiger partial charge >= 0.3 is 6.03 Å². The predicted molar refractivity (Wildman–Crippen MR) is 148 cm³/mol. The maximum Gasteiger partial charge on any atom is 0.332 e. The van der Waals surface area contributed by atoms with Crippen LogP contribution in [0.25, 0.3) is 10.9 Å². The quantitative estimate of drug-likeness (QED) is 0.136. The fourth-order valence-electron chi connectivity index (χ4n) is 3.98. The monoisotopic (exact) mass is 534 g/mol. The van der Waals surface area contributed by atoms with Gasteiger partial charge in [0.15, 0.2) is 0 Å². The molecule has 3 aromatic rings. The van der Waals surface area contributed by atoms with Crippen molar-refractivity contribution in [3.63, 3.8) is 0 Å². The highest BCUT2D eigenvalue weighted by Gasteiger charge is 2.27. The molecule has 0 fully saturated rings. The van der Waals surface area contributed by atoms with E-state index in [0.717, 1.165) is 16.5 Å². The van der Waals surface area contributed by atoms with Crippen LogP contribution in [-0.2, 0) is 27.8 Å². The van der Waals surface area contributed by atoms with Gasteiger partial charge in [0, 0.05) is 24.4 Å². The number of ether oxygens (including phenoxy) is 1. The van der Waals surface area contributed by atoms with Crippen LogP contribution >= 0.6 is 0 Å². The molecule has 0 unspecified atom stereocenters. The number of primary amides is 1. The second kappa shape index (κ2) is 12.7. The van der Waals surface area contributed by atoms with E-state index < -0.39 is 35.5 Å². The fraction of sp³-hybridized carbons (Fsp3) is 0.321. The highest BCUT2D eigenvalue weighted by molar-refractivity contribution is 6.01. The Morgan fingerprint density at radius 2 is 1.72 bits per heavy atom. The minimum Gasteiger partial charge on any atom is -0.474 e. The van der Waals surface area contributed by atoms with E-state index in [1.165, 1.54) is 0 Å². The second-order valence-electron chi connectivity index (χ2n) is 10.0. The zero-order chi connectivity index (χ0) is 28.6. The van der Waals surface area contributed by atoms with Gasteiger partial charge in [-0.15, -0.1) is 5.10 Å². The number of fused-ring (bicyclic) bond motifs is 1. The van der Waals surface area contributed by atoms with E-state index in [4.69, 9.17) is 10.5 Å². The summed E-state index contributed by atoms with van der Waals surface area (Å²) < 4.78 is 7.48. The Morgan fingerprint density at radius 3 is 2.33 bits per heavy atom. The number of hydrogen-bond donors (Lipinski definition) is 4. The van der Waals surface area contributed by atoms with Crippen molar-refractivity contribution in [3.05, 3.63) is 71.9 Å². The van der Waals surface area contributed by atoms with Crippen LogP contribution < -0.4 is 21.8 Å². The number of para-hydroxylation sites is 1. The Hall–Kier alpha value is -4.67. The van der Waals surface area contributed by atoms with E-state index in [1.807, 2.05) is 54.6 Å². The third-order valence-corrected chi connectivity index (χ3v) is 5.69. The molecule has 1 aromatic heterocycles. The van der Waals surface area contributed by atoms with Gasteiger partial charge in [0.25, 0.3) is 5.91 Å². The number of urea groups is 1. The summed E-state index contributed by atoms with van der Waals surface area (Å²) in [4.78, 5) is 49.8. The third-order valence-electron chi connectivity index (χ3n) is 5.69. The van der Waals surface area contributed by atoms with Crippen molar-refractivity contribution in [1.29, 1.82) is 0 Å². The van der Waals surface area contributed by atoms with Gasteiger partial charge in [0.1, 0.15) is 23.6 Å². The van der Waals surface area contributed by atoms with Crippen LogP contribution in [0, 0.1) is 0 Å². The first-order chi connectivity index (χ1) is 18.5. The first kappa shape index (κ1) is 28.9. The van der Waals surface area contributed by atoms with E-state index in [0.29, 0.717) is 12.0 Å². The molecule has 0 spiro atoms. The molecule has 206 valence electrons. The highest BCUT2D eigenvalue weighted by atomic mass is 16.5. The number of aldehydes is 1. The number of amides is 4. The van der Waals surface area contributed by atoms with Crippen molar-refractivity contribution in [2.45, 2.75) is 51.3 Å². The molecule has 5 N–H and O–H groups in total. The molecule has 2 atom stereocenters. The molecule has 1 heterocycles. The van der Waals surface area contributed by atoms with Crippen LogP contribution in [0.15, 0.2) is 65.8 Å². The van der Waals surface area contributed by atoms with E-state index in [9.17, 15) is 19.2 Å². The second-order valence-corrected chi connectivity index (χ2v) is 10.0. The molecule has 0 bridgehead atoms. The molecule has 4 amide bonds. The number of aromatic nitrogens is 1. The largest absolute Gasteiger partial charge is 0.474 e.